The molecule has 4 heteroatoms. The van der Waals surface area contributed by atoms with E-state index in [1.54, 1.807) is 11.8 Å². The first-order valence-electron chi connectivity index (χ1n) is 5.17. The summed E-state index contributed by atoms with van der Waals surface area (Å²) in [6.45, 7) is 1.99. The zero-order valence-corrected chi connectivity index (χ0v) is 9.56. The van der Waals surface area contributed by atoms with Crippen molar-refractivity contribution >= 4 is 11.8 Å². The quantitative estimate of drug-likeness (QED) is 0.483. The number of H-pyrrole nitrogens is 1. The van der Waals surface area contributed by atoms with E-state index in [2.05, 4.69) is 16.0 Å². The molecule has 0 radical (unpaired) electrons. The Bertz CT molecular complexity index is 437. The molecule has 80 valence electrons. The molecule has 0 saturated carbocycles. The second kappa shape index (κ2) is 4.66. The lowest BCUT2D eigenvalue weighted by molar-refractivity contribution is 0.870. The third-order valence-corrected chi connectivity index (χ3v) is 3.30. The lowest BCUT2D eigenvalue weighted by Crippen LogP contribution is -2.14. The van der Waals surface area contributed by atoms with E-state index in [9.17, 15) is 4.79 Å². The van der Waals surface area contributed by atoms with Crippen LogP contribution in [0.15, 0.2) is 22.1 Å². The van der Waals surface area contributed by atoms with Crippen LogP contribution >= 0.6 is 11.8 Å². The molecule has 15 heavy (non-hydrogen) atoms. The molecule has 1 aromatic heterocycles. The Kier molecular flexibility index (Phi) is 3.26. The summed E-state index contributed by atoms with van der Waals surface area (Å²) in [6.07, 6.45) is 6.96. The van der Waals surface area contributed by atoms with Gasteiger partial charge in [-0.15, -0.1) is 0 Å². The van der Waals surface area contributed by atoms with Crippen LogP contribution in [0, 0.1) is 0 Å². The molecule has 0 spiro atoms. The van der Waals surface area contributed by atoms with Gasteiger partial charge in [0.05, 0.1) is 5.69 Å². The van der Waals surface area contributed by atoms with E-state index in [0.717, 1.165) is 41.4 Å². The van der Waals surface area contributed by atoms with Crippen molar-refractivity contribution in [1.82, 2.24) is 9.97 Å². The van der Waals surface area contributed by atoms with Crippen molar-refractivity contribution in [3.05, 3.63) is 33.8 Å². The number of hydrogen-bond acceptors (Lipinski definition) is 3. The summed E-state index contributed by atoms with van der Waals surface area (Å²) in [5.41, 5.74) is 1.95. The summed E-state index contributed by atoms with van der Waals surface area (Å²) in [6, 6.07) is 0. The number of thioether (sulfide) groups is 1. The number of aromatic nitrogens is 2. The van der Waals surface area contributed by atoms with E-state index in [-0.39, 0.29) is 5.56 Å². The molecule has 0 aromatic carbocycles. The first-order chi connectivity index (χ1) is 7.31. The zero-order chi connectivity index (χ0) is 10.7. The first kappa shape index (κ1) is 10.5. The van der Waals surface area contributed by atoms with Gasteiger partial charge in [0.15, 0.2) is 5.16 Å². The van der Waals surface area contributed by atoms with E-state index in [4.69, 9.17) is 0 Å². The molecule has 1 N–H and O–H groups in total. The lowest BCUT2D eigenvalue weighted by atomic mass is 10.3. The molecule has 0 atom stereocenters. The number of nitrogens with one attached hydrogen (secondary N) is 1. The number of fused-ring (bicyclic) bond motifs is 1. The Morgan fingerprint density at radius 1 is 1.53 bits per heavy atom. The fourth-order valence-corrected chi connectivity index (χ4v) is 2.50. The standard InChI is InChI=1S/C11H14N2OS/c1-2-3-7-15-11-12-9-6-4-5-8(9)10(14)13-11/h2-3H,4-7H2,1H3,(H,12,13,14)/b3-2-. The van der Waals surface area contributed by atoms with Gasteiger partial charge in [-0.25, -0.2) is 4.98 Å². The summed E-state index contributed by atoms with van der Waals surface area (Å²) < 4.78 is 0. The highest BCUT2D eigenvalue weighted by atomic mass is 32.2. The highest BCUT2D eigenvalue weighted by molar-refractivity contribution is 7.99. The maximum atomic E-state index is 11.6. The summed E-state index contributed by atoms with van der Waals surface area (Å²) in [4.78, 5) is 18.9. The summed E-state index contributed by atoms with van der Waals surface area (Å²) >= 11 is 1.57. The van der Waals surface area contributed by atoms with Crippen LogP contribution in [0.2, 0.25) is 0 Å². The summed E-state index contributed by atoms with van der Waals surface area (Å²) in [5.74, 6) is 0.859. The van der Waals surface area contributed by atoms with Crippen LogP contribution < -0.4 is 5.56 Å². The van der Waals surface area contributed by atoms with Crippen LogP contribution in [-0.2, 0) is 12.8 Å². The minimum absolute atomic E-state index is 0.0560. The minimum atomic E-state index is 0.0560. The van der Waals surface area contributed by atoms with Gasteiger partial charge in [-0.1, -0.05) is 23.9 Å². The molecule has 0 amide bonds. The van der Waals surface area contributed by atoms with Crippen LogP contribution in [0.5, 0.6) is 0 Å². The molecule has 3 nitrogen and oxygen atoms in total. The van der Waals surface area contributed by atoms with E-state index >= 15 is 0 Å². The molecule has 0 fully saturated rings. The van der Waals surface area contributed by atoms with Crippen molar-refractivity contribution in [2.75, 3.05) is 5.75 Å². The number of rotatable bonds is 3. The Morgan fingerprint density at radius 2 is 2.40 bits per heavy atom. The van der Waals surface area contributed by atoms with Gasteiger partial charge >= 0.3 is 0 Å². The Balaban J connectivity index is 2.20. The third-order valence-electron chi connectivity index (χ3n) is 2.47. The topological polar surface area (TPSA) is 45.8 Å². The van der Waals surface area contributed by atoms with Gasteiger partial charge in [0.25, 0.3) is 5.56 Å². The van der Waals surface area contributed by atoms with Crippen LogP contribution in [0.4, 0.5) is 0 Å². The highest BCUT2D eigenvalue weighted by Gasteiger charge is 2.16. The van der Waals surface area contributed by atoms with E-state index in [1.807, 2.05) is 13.0 Å². The number of nitrogens with zero attached hydrogens (tertiary/aromatic N) is 1. The Hall–Kier alpha value is -1.03. The third kappa shape index (κ3) is 2.31. The van der Waals surface area contributed by atoms with Crippen molar-refractivity contribution in [2.45, 2.75) is 31.3 Å². The maximum Gasteiger partial charge on any atom is 0.254 e. The SMILES string of the molecule is C/C=C\CSc1nc2c(c(=O)[nH]1)CCC2. The van der Waals surface area contributed by atoms with Gasteiger partial charge in [-0.3, -0.25) is 4.79 Å². The summed E-state index contributed by atoms with van der Waals surface area (Å²) in [7, 11) is 0. The number of aromatic amines is 1. The van der Waals surface area contributed by atoms with Crippen molar-refractivity contribution in [1.29, 1.82) is 0 Å². The minimum Gasteiger partial charge on any atom is -0.301 e. The fourth-order valence-electron chi connectivity index (χ4n) is 1.71. The van der Waals surface area contributed by atoms with Gasteiger partial charge in [0, 0.05) is 11.3 Å². The van der Waals surface area contributed by atoms with Gasteiger partial charge in [-0.05, 0) is 26.2 Å². The normalized spacial score (nSPS) is 14.7. The molecule has 0 saturated heterocycles. The second-order valence-corrected chi connectivity index (χ2v) is 4.54. The molecule has 0 bridgehead atoms. The van der Waals surface area contributed by atoms with Gasteiger partial charge in [0.1, 0.15) is 0 Å². The average molecular weight is 222 g/mol. The number of hydrogen-bond donors (Lipinski definition) is 1. The van der Waals surface area contributed by atoms with Crippen LogP contribution in [-0.4, -0.2) is 15.7 Å². The number of aryl methyl sites for hydroxylation is 1. The monoisotopic (exact) mass is 222 g/mol. The van der Waals surface area contributed by atoms with Gasteiger partial charge < -0.3 is 4.98 Å². The van der Waals surface area contributed by atoms with E-state index < -0.39 is 0 Å². The van der Waals surface area contributed by atoms with Crippen LogP contribution in [0.1, 0.15) is 24.6 Å². The Labute approximate surface area is 93.0 Å². The zero-order valence-electron chi connectivity index (χ0n) is 8.75. The molecular formula is C11H14N2OS. The first-order valence-corrected chi connectivity index (χ1v) is 6.16. The summed E-state index contributed by atoms with van der Waals surface area (Å²) in [5, 5.41) is 0.749. The second-order valence-electron chi connectivity index (χ2n) is 3.53. The number of allylic oxidation sites excluding steroid dienone is 1. The van der Waals surface area contributed by atoms with Crippen LogP contribution in [0.3, 0.4) is 0 Å². The van der Waals surface area contributed by atoms with Crippen molar-refractivity contribution < 1.29 is 0 Å². The molecule has 1 heterocycles. The van der Waals surface area contributed by atoms with E-state index in [1.165, 1.54) is 0 Å². The van der Waals surface area contributed by atoms with Crippen molar-refractivity contribution in [2.24, 2.45) is 0 Å². The predicted molar refractivity (Wildman–Crippen MR) is 62.4 cm³/mol. The molecule has 0 aliphatic heterocycles. The lowest BCUT2D eigenvalue weighted by Gasteiger charge is -2.01. The van der Waals surface area contributed by atoms with Crippen molar-refractivity contribution in [3.63, 3.8) is 0 Å². The molecular weight excluding hydrogens is 208 g/mol. The molecule has 1 aromatic rings. The molecule has 0 unspecified atom stereocenters. The van der Waals surface area contributed by atoms with Gasteiger partial charge in [0.2, 0.25) is 0 Å². The molecule has 1 aliphatic rings. The predicted octanol–water partition coefficient (Wildman–Crippen LogP) is 1.93. The van der Waals surface area contributed by atoms with E-state index in [0.29, 0.717) is 0 Å². The Morgan fingerprint density at radius 3 is 3.20 bits per heavy atom. The largest absolute Gasteiger partial charge is 0.301 e. The fraction of sp³-hybridized carbons (Fsp3) is 0.455. The van der Waals surface area contributed by atoms with Gasteiger partial charge in [-0.2, -0.15) is 0 Å². The molecule has 1 aliphatic carbocycles. The smallest absolute Gasteiger partial charge is 0.254 e. The van der Waals surface area contributed by atoms with Crippen molar-refractivity contribution in [3.8, 4) is 0 Å². The highest BCUT2D eigenvalue weighted by Crippen LogP contribution is 2.19. The molecule has 2 rings (SSSR count). The average Bonchev–Trinajstić information content (AvgIpc) is 2.66. The van der Waals surface area contributed by atoms with Crippen LogP contribution in [0.25, 0.3) is 0 Å². The maximum absolute atomic E-state index is 11.6.